The van der Waals surface area contributed by atoms with E-state index in [9.17, 15) is 14.9 Å². The van der Waals surface area contributed by atoms with Crippen molar-refractivity contribution in [3.8, 4) is 0 Å². The number of aromatic nitrogens is 2. The second-order valence-corrected chi connectivity index (χ2v) is 6.14. The van der Waals surface area contributed by atoms with E-state index in [0.29, 0.717) is 18.6 Å². The van der Waals surface area contributed by atoms with Gasteiger partial charge in [0.1, 0.15) is 6.20 Å². The van der Waals surface area contributed by atoms with Gasteiger partial charge in [-0.1, -0.05) is 0 Å². The predicted molar refractivity (Wildman–Crippen MR) is 79.6 cm³/mol. The summed E-state index contributed by atoms with van der Waals surface area (Å²) in [4.78, 5) is 25.4. The van der Waals surface area contributed by atoms with E-state index < -0.39 is 4.92 Å². The maximum atomic E-state index is 12.5. The molecule has 2 bridgehead atoms. The zero-order valence-corrected chi connectivity index (χ0v) is 12.9. The zero-order chi connectivity index (χ0) is 15.9. The molecule has 120 valence electrons. The van der Waals surface area contributed by atoms with Crippen LogP contribution < -0.4 is 5.32 Å². The van der Waals surface area contributed by atoms with Crippen molar-refractivity contribution in [1.82, 2.24) is 20.0 Å². The fraction of sp³-hybridized carbons (Fsp3) is 0.714. The van der Waals surface area contributed by atoms with E-state index in [1.54, 1.807) is 0 Å². The lowest BCUT2D eigenvalue weighted by atomic mass is 9.98. The van der Waals surface area contributed by atoms with Crippen molar-refractivity contribution in [3.05, 3.63) is 22.0 Å². The molecule has 8 nitrogen and oxygen atoms in total. The summed E-state index contributed by atoms with van der Waals surface area (Å²) in [5, 5.41) is 18.0. The number of aryl methyl sites for hydroxylation is 1. The average molecular weight is 307 g/mol. The number of nitrogens with one attached hydrogen (secondary N) is 1. The Morgan fingerprint density at radius 2 is 2.09 bits per heavy atom. The van der Waals surface area contributed by atoms with Gasteiger partial charge in [0.25, 0.3) is 5.91 Å². The lowest BCUT2D eigenvalue weighted by Gasteiger charge is -2.36. The molecule has 2 saturated heterocycles. The first-order chi connectivity index (χ1) is 10.5. The SMILES string of the molecule is CCn1ncc([N+](=O)[O-])c1C(=O)NC1CC2CCC(C1)N2C. The summed E-state index contributed by atoms with van der Waals surface area (Å²) in [6.07, 6.45) is 5.30. The Kier molecular flexibility index (Phi) is 3.86. The highest BCUT2D eigenvalue weighted by Crippen LogP contribution is 2.34. The highest BCUT2D eigenvalue weighted by atomic mass is 16.6. The number of amides is 1. The van der Waals surface area contributed by atoms with Crippen LogP contribution in [0.5, 0.6) is 0 Å². The summed E-state index contributed by atoms with van der Waals surface area (Å²) >= 11 is 0. The molecule has 2 atom stereocenters. The molecular weight excluding hydrogens is 286 g/mol. The molecule has 0 aromatic carbocycles. The zero-order valence-electron chi connectivity index (χ0n) is 12.9. The molecule has 0 aliphatic carbocycles. The Morgan fingerprint density at radius 1 is 1.45 bits per heavy atom. The minimum Gasteiger partial charge on any atom is -0.348 e. The third-order valence-corrected chi connectivity index (χ3v) is 4.96. The van der Waals surface area contributed by atoms with Crippen LogP contribution in [-0.4, -0.2) is 50.7 Å². The van der Waals surface area contributed by atoms with Gasteiger partial charge in [0, 0.05) is 24.7 Å². The molecule has 1 aromatic heterocycles. The molecule has 2 aliphatic rings. The number of hydrogen-bond donors (Lipinski definition) is 1. The molecular formula is C14H21N5O3. The number of nitrogens with zero attached hydrogens (tertiary/aromatic N) is 4. The molecule has 0 spiro atoms. The first-order valence-electron chi connectivity index (χ1n) is 7.74. The molecule has 22 heavy (non-hydrogen) atoms. The Hall–Kier alpha value is -1.96. The smallest absolute Gasteiger partial charge is 0.320 e. The van der Waals surface area contributed by atoms with Crippen molar-refractivity contribution in [2.24, 2.45) is 0 Å². The third kappa shape index (κ3) is 2.47. The van der Waals surface area contributed by atoms with E-state index in [2.05, 4.69) is 22.4 Å². The molecule has 0 saturated carbocycles. The van der Waals surface area contributed by atoms with Crippen LogP contribution in [0.2, 0.25) is 0 Å². The van der Waals surface area contributed by atoms with Crippen LogP contribution in [0.3, 0.4) is 0 Å². The Bertz CT molecular complexity index is 585. The van der Waals surface area contributed by atoms with E-state index in [1.165, 1.54) is 17.5 Å². The summed E-state index contributed by atoms with van der Waals surface area (Å²) in [7, 11) is 2.14. The van der Waals surface area contributed by atoms with Crippen LogP contribution in [-0.2, 0) is 6.54 Å². The Morgan fingerprint density at radius 3 is 2.64 bits per heavy atom. The van der Waals surface area contributed by atoms with Crippen LogP contribution in [0.1, 0.15) is 43.1 Å². The van der Waals surface area contributed by atoms with Crippen molar-refractivity contribution in [2.45, 2.75) is 57.3 Å². The predicted octanol–water partition coefficient (Wildman–Crippen LogP) is 1.17. The van der Waals surface area contributed by atoms with E-state index >= 15 is 0 Å². The Balaban J connectivity index is 1.75. The molecule has 2 fully saturated rings. The molecule has 1 amide bonds. The van der Waals surface area contributed by atoms with Crippen LogP contribution >= 0.6 is 0 Å². The van der Waals surface area contributed by atoms with Gasteiger partial charge in [-0.3, -0.25) is 19.6 Å². The molecule has 3 heterocycles. The first-order valence-corrected chi connectivity index (χ1v) is 7.74. The fourth-order valence-electron chi connectivity index (χ4n) is 3.77. The van der Waals surface area contributed by atoms with Gasteiger partial charge < -0.3 is 10.2 Å². The van der Waals surface area contributed by atoms with Crippen LogP contribution in [0.15, 0.2) is 6.20 Å². The first kappa shape index (κ1) is 15.0. The second kappa shape index (κ2) is 5.68. The topological polar surface area (TPSA) is 93.3 Å². The standard InChI is InChI=1S/C14H21N5O3/c1-3-18-13(12(8-15-18)19(21)22)14(20)16-9-6-10-4-5-11(7-9)17(10)2/h8-11H,3-7H2,1-2H3,(H,16,20). The van der Waals surface area contributed by atoms with Gasteiger partial charge in [-0.15, -0.1) is 0 Å². The average Bonchev–Trinajstić information content (AvgIpc) is 2.98. The fourth-order valence-corrected chi connectivity index (χ4v) is 3.77. The number of carbonyl (C=O) groups excluding carboxylic acids is 1. The molecule has 1 aromatic rings. The van der Waals surface area contributed by atoms with Crippen molar-refractivity contribution in [3.63, 3.8) is 0 Å². The highest BCUT2D eigenvalue weighted by molar-refractivity contribution is 5.96. The van der Waals surface area contributed by atoms with Gasteiger partial charge in [-0.05, 0) is 39.7 Å². The quantitative estimate of drug-likeness (QED) is 0.665. The molecule has 8 heteroatoms. The molecule has 3 rings (SSSR count). The van der Waals surface area contributed by atoms with E-state index in [0.717, 1.165) is 19.0 Å². The molecule has 1 N–H and O–H groups in total. The lowest BCUT2D eigenvalue weighted by Crippen LogP contribution is -2.49. The molecule has 2 aliphatic heterocycles. The maximum absolute atomic E-state index is 12.5. The third-order valence-electron chi connectivity index (χ3n) is 4.96. The van der Waals surface area contributed by atoms with Crippen LogP contribution in [0.25, 0.3) is 0 Å². The number of hydrogen-bond acceptors (Lipinski definition) is 5. The number of rotatable bonds is 4. The van der Waals surface area contributed by atoms with Crippen molar-refractivity contribution < 1.29 is 9.72 Å². The van der Waals surface area contributed by atoms with Gasteiger partial charge in [0.2, 0.25) is 5.69 Å². The van der Waals surface area contributed by atoms with E-state index in [-0.39, 0.29) is 23.3 Å². The van der Waals surface area contributed by atoms with Gasteiger partial charge in [-0.25, -0.2) is 0 Å². The monoisotopic (exact) mass is 307 g/mol. The summed E-state index contributed by atoms with van der Waals surface area (Å²) in [5.74, 6) is -0.389. The van der Waals surface area contributed by atoms with Gasteiger partial charge in [0.15, 0.2) is 0 Å². The number of fused-ring (bicyclic) bond motifs is 2. The van der Waals surface area contributed by atoms with E-state index in [1.807, 2.05) is 6.92 Å². The minimum atomic E-state index is -0.549. The number of piperidine rings is 1. The minimum absolute atomic E-state index is 0.0544. The van der Waals surface area contributed by atoms with Crippen molar-refractivity contribution in [1.29, 1.82) is 0 Å². The largest absolute Gasteiger partial charge is 0.348 e. The summed E-state index contributed by atoms with van der Waals surface area (Å²) in [5.41, 5.74) is -0.172. The van der Waals surface area contributed by atoms with Crippen LogP contribution in [0, 0.1) is 10.1 Å². The second-order valence-electron chi connectivity index (χ2n) is 6.14. The lowest BCUT2D eigenvalue weighted by molar-refractivity contribution is -0.385. The van der Waals surface area contributed by atoms with Crippen molar-refractivity contribution >= 4 is 11.6 Å². The number of nitro groups is 1. The summed E-state index contributed by atoms with van der Waals surface area (Å²) in [6.45, 7) is 2.23. The van der Waals surface area contributed by atoms with Crippen LogP contribution in [0.4, 0.5) is 5.69 Å². The van der Waals surface area contributed by atoms with Gasteiger partial charge in [-0.2, -0.15) is 5.10 Å². The number of carbonyl (C=O) groups is 1. The normalized spacial score (nSPS) is 27.8. The van der Waals surface area contributed by atoms with E-state index in [4.69, 9.17) is 0 Å². The summed E-state index contributed by atoms with van der Waals surface area (Å²) < 4.78 is 1.39. The van der Waals surface area contributed by atoms with Gasteiger partial charge in [0.05, 0.1) is 4.92 Å². The van der Waals surface area contributed by atoms with Crippen molar-refractivity contribution in [2.75, 3.05) is 7.05 Å². The molecule has 2 unspecified atom stereocenters. The Labute approximate surface area is 128 Å². The molecule has 0 radical (unpaired) electrons. The highest BCUT2D eigenvalue weighted by Gasteiger charge is 2.39. The van der Waals surface area contributed by atoms with Gasteiger partial charge >= 0.3 is 5.69 Å². The maximum Gasteiger partial charge on any atom is 0.320 e. The summed E-state index contributed by atoms with van der Waals surface area (Å²) in [6, 6.07) is 1.10.